The summed E-state index contributed by atoms with van der Waals surface area (Å²) in [5, 5.41) is 7.86. The van der Waals surface area contributed by atoms with Crippen molar-refractivity contribution < 1.29 is 0 Å². The smallest absolute Gasteiger partial charge is 0.0938 e. The van der Waals surface area contributed by atoms with Gasteiger partial charge < -0.3 is 5.73 Å². The number of aromatic amines is 1. The van der Waals surface area contributed by atoms with E-state index in [1.54, 1.807) is 0 Å². The zero-order valence-electron chi connectivity index (χ0n) is 8.20. The van der Waals surface area contributed by atoms with Gasteiger partial charge in [-0.1, -0.05) is 29.8 Å². The highest BCUT2D eigenvalue weighted by Crippen LogP contribution is 2.26. The molecule has 1 aromatic carbocycles. The molecule has 2 aromatic rings. The Morgan fingerprint density at radius 2 is 2.13 bits per heavy atom. The van der Waals surface area contributed by atoms with Gasteiger partial charge in [-0.15, -0.1) is 0 Å². The fourth-order valence-corrected chi connectivity index (χ4v) is 1.68. The van der Waals surface area contributed by atoms with E-state index in [1.807, 2.05) is 30.3 Å². The first-order chi connectivity index (χ1) is 7.31. The van der Waals surface area contributed by atoms with Crippen LogP contribution in [-0.2, 0) is 6.42 Å². The quantitative estimate of drug-likeness (QED) is 0.835. The van der Waals surface area contributed by atoms with Crippen LogP contribution in [0.25, 0.3) is 11.3 Å². The summed E-state index contributed by atoms with van der Waals surface area (Å²) in [6.07, 6.45) is 0.803. The molecule has 0 aliphatic rings. The van der Waals surface area contributed by atoms with Crippen molar-refractivity contribution in [3.05, 3.63) is 41.0 Å². The van der Waals surface area contributed by atoms with Crippen molar-refractivity contribution >= 4 is 11.6 Å². The lowest BCUT2D eigenvalue weighted by Crippen LogP contribution is -2.02. The van der Waals surface area contributed by atoms with Gasteiger partial charge in [0.25, 0.3) is 0 Å². The predicted molar refractivity (Wildman–Crippen MR) is 61.8 cm³/mol. The van der Waals surface area contributed by atoms with E-state index >= 15 is 0 Å². The Labute approximate surface area is 93.3 Å². The van der Waals surface area contributed by atoms with E-state index in [4.69, 9.17) is 17.3 Å². The van der Waals surface area contributed by atoms with Crippen LogP contribution in [0.3, 0.4) is 0 Å². The van der Waals surface area contributed by atoms with Crippen molar-refractivity contribution in [3.8, 4) is 11.3 Å². The maximum absolute atomic E-state index is 6.07. The fourth-order valence-electron chi connectivity index (χ4n) is 1.45. The average Bonchev–Trinajstić information content (AvgIpc) is 2.68. The van der Waals surface area contributed by atoms with E-state index in [2.05, 4.69) is 10.2 Å². The number of nitrogens with zero attached hydrogens (tertiary/aromatic N) is 1. The van der Waals surface area contributed by atoms with Gasteiger partial charge in [-0.05, 0) is 18.7 Å². The molecule has 0 saturated carbocycles. The normalized spacial score (nSPS) is 10.5. The summed E-state index contributed by atoms with van der Waals surface area (Å²) >= 11 is 6.07. The third kappa shape index (κ3) is 2.19. The third-order valence-corrected chi connectivity index (χ3v) is 2.52. The molecule has 15 heavy (non-hydrogen) atoms. The largest absolute Gasteiger partial charge is 0.330 e. The van der Waals surface area contributed by atoms with Crippen LogP contribution >= 0.6 is 11.6 Å². The zero-order valence-corrected chi connectivity index (χ0v) is 8.96. The highest BCUT2D eigenvalue weighted by atomic mass is 35.5. The highest BCUT2D eigenvalue weighted by molar-refractivity contribution is 6.33. The molecule has 0 spiro atoms. The number of H-pyrrole nitrogens is 1. The number of hydrogen-bond acceptors (Lipinski definition) is 2. The van der Waals surface area contributed by atoms with Crippen LogP contribution in [0.2, 0.25) is 5.02 Å². The summed E-state index contributed by atoms with van der Waals surface area (Å²) in [6, 6.07) is 9.63. The lowest BCUT2D eigenvalue weighted by molar-refractivity contribution is 0.902. The molecule has 4 heteroatoms. The molecule has 0 aliphatic carbocycles. The van der Waals surface area contributed by atoms with Crippen LogP contribution in [-0.4, -0.2) is 16.7 Å². The standard InChI is InChI=1S/C11H12ClN3/c12-10-4-2-1-3-9(10)11-7-8(5-6-13)14-15-11/h1-4,7H,5-6,13H2,(H,14,15). The molecule has 0 amide bonds. The molecule has 3 nitrogen and oxygen atoms in total. The number of aromatic nitrogens is 2. The molecule has 0 aliphatic heterocycles. The van der Waals surface area contributed by atoms with Gasteiger partial charge in [0.15, 0.2) is 0 Å². The van der Waals surface area contributed by atoms with Gasteiger partial charge in [0.2, 0.25) is 0 Å². The predicted octanol–water partition coefficient (Wildman–Crippen LogP) is 2.23. The summed E-state index contributed by atoms with van der Waals surface area (Å²) in [5.74, 6) is 0. The molecule has 0 radical (unpaired) electrons. The lowest BCUT2D eigenvalue weighted by atomic mass is 10.1. The second-order valence-corrected chi connectivity index (χ2v) is 3.70. The lowest BCUT2D eigenvalue weighted by Gasteiger charge is -1.97. The Morgan fingerprint density at radius 1 is 1.33 bits per heavy atom. The number of hydrogen-bond donors (Lipinski definition) is 2. The van der Waals surface area contributed by atoms with Gasteiger partial charge >= 0.3 is 0 Å². The Bertz CT molecular complexity index is 451. The highest BCUT2D eigenvalue weighted by Gasteiger charge is 2.06. The number of nitrogens with two attached hydrogens (primary N) is 1. The number of halogens is 1. The first kappa shape index (κ1) is 10.2. The Balaban J connectivity index is 2.33. The molecule has 0 saturated heterocycles. The maximum Gasteiger partial charge on any atom is 0.0938 e. The second-order valence-electron chi connectivity index (χ2n) is 3.30. The molecular formula is C11H12ClN3. The summed E-state index contributed by atoms with van der Waals surface area (Å²) < 4.78 is 0. The van der Waals surface area contributed by atoms with E-state index < -0.39 is 0 Å². The van der Waals surface area contributed by atoms with Gasteiger partial charge in [-0.25, -0.2) is 0 Å². The summed E-state index contributed by atoms with van der Waals surface area (Å²) in [7, 11) is 0. The zero-order chi connectivity index (χ0) is 10.7. The minimum atomic E-state index is 0.615. The number of benzene rings is 1. The van der Waals surface area contributed by atoms with Crippen molar-refractivity contribution in [2.75, 3.05) is 6.54 Å². The van der Waals surface area contributed by atoms with Crippen LogP contribution in [0.5, 0.6) is 0 Å². The van der Waals surface area contributed by atoms with Gasteiger partial charge in [0, 0.05) is 17.7 Å². The summed E-state index contributed by atoms with van der Waals surface area (Å²) in [5.41, 5.74) is 8.31. The van der Waals surface area contributed by atoms with E-state index in [0.717, 1.165) is 23.4 Å². The van der Waals surface area contributed by atoms with Crippen molar-refractivity contribution in [2.45, 2.75) is 6.42 Å². The molecule has 1 aromatic heterocycles. The van der Waals surface area contributed by atoms with Crippen molar-refractivity contribution in [1.82, 2.24) is 10.2 Å². The molecule has 0 fully saturated rings. The molecule has 1 heterocycles. The first-order valence-electron chi connectivity index (χ1n) is 4.80. The van der Waals surface area contributed by atoms with Crippen LogP contribution in [0.15, 0.2) is 30.3 Å². The number of nitrogens with one attached hydrogen (secondary N) is 1. The number of rotatable bonds is 3. The average molecular weight is 222 g/mol. The third-order valence-electron chi connectivity index (χ3n) is 2.19. The topological polar surface area (TPSA) is 54.7 Å². The fraction of sp³-hybridized carbons (Fsp3) is 0.182. The van der Waals surface area contributed by atoms with Crippen molar-refractivity contribution in [2.24, 2.45) is 5.73 Å². The van der Waals surface area contributed by atoms with Crippen LogP contribution in [0, 0.1) is 0 Å². The van der Waals surface area contributed by atoms with E-state index in [1.165, 1.54) is 0 Å². The summed E-state index contributed by atoms with van der Waals surface area (Å²) in [4.78, 5) is 0. The van der Waals surface area contributed by atoms with E-state index in [-0.39, 0.29) is 0 Å². The van der Waals surface area contributed by atoms with Crippen molar-refractivity contribution in [3.63, 3.8) is 0 Å². The van der Waals surface area contributed by atoms with E-state index in [0.29, 0.717) is 11.6 Å². The molecule has 3 N–H and O–H groups in total. The van der Waals surface area contributed by atoms with Crippen LogP contribution < -0.4 is 5.73 Å². The second kappa shape index (κ2) is 4.47. The molecule has 2 rings (SSSR count). The van der Waals surface area contributed by atoms with Gasteiger partial charge in [0.1, 0.15) is 0 Å². The SMILES string of the molecule is NCCc1cc(-c2ccccc2Cl)n[nH]1. The van der Waals surface area contributed by atoms with Crippen LogP contribution in [0.1, 0.15) is 5.69 Å². The van der Waals surface area contributed by atoms with Crippen molar-refractivity contribution in [1.29, 1.82) is 0 Å². The molecule has 0 unspecified atom stereocenters. The van der Waals surface area contributed by atoms with Gasteiger partial charge in [-0.2, -0.15) is 5.10 Å². The monoisotopic (exact) mass is 221 g/mol. The van der Waals surface area contributed by atoms with Gasteiger partial charge in [0.05, 0.1) is 10.7 Å². The molecule has 0 atom stereocenters. The Morgan fingerprint density at radius 3 is 2.87 bits per heavy atom. The van der Waals surface area contributed by atoms with Crippen LogP contribution in [0.4, 0.5) is 0 Å². The maximum atomic E-state index is 6.07. The first-order valence-corrected chi connectivity index (χ1v) is 5.18. The molecule has 0 bridgehead atoms. The molecular weight excluding hydrogens is 210 g/mol. The van der Waals surface area contributed by atoms with Gasteiger partial charge in [-0.3, -0.25) is 5.10 Å². The minimum Gasteiger partial charge on any atom is -0.330 e. The minimum absolute atomic E-state index is 0.615. The Kier molecular flexibility index (Phi) is 3.04. The molecule has 78 valence electrons. The summed E-state index contributed by atoms with van der Waals surface area (Å²) in [6.45, 7) is 0.615. The Hall–Kier alpha value is -1.32. The van der Waals surface area contributed by atoms with E-state index in [9.17, 15) is 0 Å².